The first kappa shape index (κ1) is 23.0. The zero-order valence-corrected chi connectivity index (χ0v) is 18.9. The second-order valence-corrected chi connectivity index (χ2v) is 7.79. The Bertz CT molecular complexity index is 1280. The lowest BCUT2D eigenvalue weighted by atomic mass is 9.91. The number of benzene rings is 2. The molecular formula is C26H24N2O6. The van der Waals surface area contributed by atoms with Gasteiger partial charge in [0.1, 0.15) is 11.4 Å². The van der Waals surface area contributed by atoms with E-state index in [0.717, 1.165) is 17.5 Å². The van der Waals surface area contributed by atoms with Gasteiger partial charge in [-0.1, -0.05) is 31.2 Å². The van der Waals surface area contributed by atoms with E-state index in [1.54, 1.807) is 12.1 Å². The Morgan fingerprint density at radius 2 is 1.85 bits per heavy atom. The number of pyridine rings is 1. The molecule has 0 spiro atoms. The van der Waals surface area contributed by atoms with Gasteiger partial charge in [0.05, 0.1) is 19.3 Å². The van der Waals surface area contributed by atoms with Crippen molar-refractivity contribution in [2.75, 3.05) is 20.3 Å². The van der Waals surface area contributed by atoms with E-state index < -0.39 is 17.8 Å². The van der Waals surface area contributed by atoms with Crippen molar-refractivity contribution in [3.8, 4) is 28.0 Å². The summed E-state index contributed by atoms with van der Waals surface area (Å²) in [7, 11) is 1.20. The van der Waals surface area contributed by atoms with Crippen molar-refractivity contribution in [3.63, 3.8) is 0 Å². The molecule has 0 radical (unpaired) electrons. The SMILES string of the molecule is CCCNC(=O)c1ccc(-c2cc3c(cc2C(=O)O)-c2ccccc2CCO3)c(C(=O)OC)n1. The molecular weight excluding hydrogens is 436 g/mol. The molecule has 0 fully saturated rings. The molecule has 1 aliphatic rings. The molecule has 8 nitrogen and oxygen atoms in total. The number of fused-ring (bicyclic) bond motifs is 3. The van der Waals surface area contributed by atoms with Gasteiger partial charge in [0.2, 0.25) is 0 Å². The largest absolute Gasteiger partial charge is 0.493 e. The van der Waals surface area contributed by atoms with Crippen LogP contribution in [0.4, 0.5) is 0 Å². The number of carboxylic acid groups (broad SMARTS) is 1. The second kappa shape index (κ2) is 9.74. The highest BCUT2D eigenvalue weighted by Gasteiger charge is 2.26. The van der Waals surface area contributed by atoms with Crippen molar-refractivity contribution in [3.05, 3.63) is 71.0 Å². The molecule has 0 saturated carbocycles. The number of carbonyl (C=O) groups excluding carboxylic acids is 2. The summed E-state index contributed by atoms with van der Waals surface area (Å²) >= 11 is 0. The van der Waals surface area contributed by atoms with Gasteiger partial charge in [0, 0.05) is 29.7 Å². The summed E-state index contributed by atoms with van der Waals surface area (Å²) in [5.74, 6) is -1.87. The summed E-state index contributed by atoms with van der Waals surface area (Å²) in [6.07, 6.45) is 1.42. The number of hydrogen-bond acceptors (Lipinski definition) is 6. The lowest BCUT2D eigenvalue weighted by Gasteiger charge is -2.16. The molecule has 2 aromatic carbocycles. The fourth-order valence-corrected chi connectivity index (χ4v) is 3.97. The molecule has 174 valence electrons. The quantitative estimate of drug-likeness (QED) is 0.535. The molecule has 0 atom stereocenters. The van der Waals surface area contributed by atoms with E-state index in [1.165, 1.54) is 19.2 Å². The fourth-order valence-electron chi connectivity index (χ4n) is 3.97. The number of aromatic nitrogens is 1. The van der Waals surface area contributed by atoms with Crippen LogP contribution in [0, 0.1) is 0 Å². The second-order valence-electron chi connectivity index (χ2n) is 7.79. The fraction of sp³-hybridized carbons (Fsp3) is 0.231. The third kappa shape index (κ3) is 4.34. The molecule has 1 aromatic heterocycles. The molecule has 0 aliphatic carbocycles. The lowest BCUT2D eigenvalue weighted by molar-refractivity contribution is 0.0593. The maximum Gasteiger partial charge on any atom is 0.357 e. The van der Waals surface area contributed by atoms with Crippen LogP contribution in [0.5, 0.6) is 5.75 Å². The predicted octanol–water partition coefficient (Wildman–Crippen LogP) is 3.98. The number of ether oxygens (including phenoxy) is 2. The summed E-state index contributed by atoms with van der Waals surface area (Å²) in [6.45, 7) is 2.81. The van der Waals surface area contributed by atoms with Gasteiger partial charge in [-0.05, 0) is 41.8 Å². The Labute approximate surface area is 196 Å². The van der Waals surface area contributed by atoms with Crippen LogP contribution in [-0.4, -0.2) is 48.2 Å². The highest BCUT2D eigenvalue weighted by atomic mass is 16.5. The topological polar surface area (TPSA) is 115 Å². The molecule has 0 unspecified atom stereocenters. The average Bonchev–Trinajstić information content (AvgIpc) is 3.04. The highest BCUT2D eigenvalue weighted by molar-refractivity contribution is 6.04. The minimum absolute atomic E-state index is 0.0193. The Hall–Kier alpha value is -4.20. The zero-order chi connectivity index (χ0) is 24.2. The third-order valence-electron chi connectivity index (χ3n) is 5.62. The molecule has 8 heteroatoms. The normalized spacial score (nSPS) is 11.9. The summed E-state index contributed by atoms with van der Waals surface area (Å²) < 4.78 is 10.8. The third-order valence-corrected chi connectivity index (χ3v) is 5.62. The van der Waals surface area contributed by atoms with Gasteiger partial charge in [-0.25, -0.2) is 14.6 Å². The average molecular weight is 460 g/mol. The minimum Gasteiger partial charge on any atom is -0.493 e. The molecule has 0 bridgehead atoms. The zero-order valence-electron chi connectivity index (χ0n) is 18.9. The van der Waals surface area contributed by atoms with Crippen molar-refractivity contribution in [2.24, 2.45) is 0 Å². The summed E-state index contributed by atoms with van der Waals surface area (Å²) in [6, 6.07) is 13.9. The number of amides is 1. The number of esters is 1. The predicted molar refractivity (Wildman–Crippen MR) is 125 cm³/mol. The standard InChI is InChI=1S/C26H24N2O6/c1-3-11-27-24(29)21-9-8-17(23(28-21)26(32)33-2)18-14-22-19(13-20(18)25(30)31)16-7-5-4-6-15(16)10-12-34-22/h4-9,13-14H,3,10-12H2,1-2H3,(H,27,29)(H,30,31). The van der Waals surface area contributed by atoms with Crippen LogP contribution in [0.3, 0.4) is 0 Å². The lowest BCUT2D eigenvalue weighted by Crippen LogP contribution is -2.25. The summed E-state index contributed by atoms with van der Waals surface area (Å²) in [4.78, 5) is 41.5. The number of aromatic carboxylic acids is 1. The van der Waals surface area contributed by atoms with Crippen LogP contribution in [0.15, 0.2) is 48.5 Å². The first-order valence-corrected chi connectivity index (χ1v) is 10.9. The smallest absolute Gasteiger partial charge is 0.357 e. The highest BCUT2D eigenvalue weighted by Crippen LogP contribution is 2.41. The Morgan fingerprint density at radius 3 is 2.59 bits per heavy atom. The summed E-state index contributed by atoms with van der Waals surface area (Å²) in [5.41, 5.74) is 2.98. The van der Waals surface area contributed by atoms with Gasteiger partial charge in [0.15, 0.2) is 5.69 Å². The molecule has 0 saturated heterocycles. The van der Waals surface area contributed by atoms with Crippen LogP contribution in [0.25, 0.3) is 22.3 Å². The number of nitrogens with zero attached hydrogens (tertiary/aromatic N) is 1. The van der Waals surface area contributed by atoms with Gasteiger partial charge < -0.3 is 19.9 Å². The Balaban J connectivity index is 1.91. The minimum atomic E-state index is -1.17. The van der Waals surface area contributed by atoms with Crippen molar-refractivity contribution < 1.29 is 29.0 Å². The van der Waals surface area contributed by atoms with Crippen LogP contribution in [-0.2, 0) is 11.2 Å². The molecule has 3 aromatic rings. The van der Waals surface area contributed by atoms with Crippen LogP contribution in [0.2, 0.25) is 0 Å². The monoisotopic (exact) mass is 460 g/mol. The first-order chi connectivity index (χ1) is 16.4. The summed E-state index contributed by atoms with van der Waals surface area (Å²) in [5, 5.41) is 12.7. The van der Waals surface area contributed by atoms with Gasteiger partial charge in [-0.15, -0.1) is 0 Å². The number of carboxylic acids is 1. The van der Waals surface area contributed by atoms with E-state index in [1.807, 2.05) is 31.2 Å². The molecule has 2 N–H and O–H groups in total. The Morgan fingerprint density at radius 1 is 1.06 bits per heavy atom. The van der Waals surface area contributed by atoms with E-state index in [2.05, 4.69) is 10.3 Å². The van der Waals surface area contributed by atoms with Crippen LogP contribution < -0.4 is 10.1 Å². The molecule has 1 amide bonds. The number of methoxy groups -OCH3 is 1. The van der Waals surface area contributed by atoms with E-state index in [-0.39, 0.29) is 28.1 Å². The van der Waals surface area contributed by atoms with Gasteiger partial charge in [-0.2, -0.15) is 0 Å². The molecule has 34 heavy (non-hydrogen) atoms. The van der Waals surface area contributed by atoms with E-state index in [0.29, 0.717) is 30.9 Å². The van der Waals surface area contributed by atoms with Crippen molar-refractivity contribution >= 4 is 17.8 Å². The molecule has 2 heterocycles. The van der Waals surface area contributed by atoms with Gasteiger partial charge in [0.25, 0.3) is 5.91 Å². The molecule has 1 aliphatic heterocycles. The number of hydrogen-bond donors (Lipinski definition) is 2. The van der Waals surface area contributed by atoms with Gasteiger partial charge in [-0.3, -0.25) is 4.79 Å². The maximum atomic E-state index is 12.6. The number of rotatable bonds is 6. The Kier molecular flexibility index (Phi) is 6.58. The molecule has 4 rings (SSSR count). The number of nitrogens with one attached hydrogen (secondary N) is 1. The van der Waals surface area contributed by atoms with E-state index in [4.69, 9.17) is 9.47 Å². The van der Waals surface area contributed by atoms with Crippen molar-refractivity contribution in [1.82, 2.24) is 10.3 Å². The first-order valence-electron chi connectivity index (χ1n) is 10.9. The van der Waals surface area contributed by atoms with Crippen LogP contribution in [0.1, 0.15) is 50.2 Å². The van der Waals surface area contributed by atoms with E-state index >= 15 is 0 Å². The van der Waals surface area contributed by atoms with Crippen LogP contribution >= 0.6 is 0 Å². The van der Waals surface area contributed by atoms with E-state index in [9.17, 15) is 19.5 Å². The van der Waals surface area contributed by atoms with Gasteiger partial charge >= 0.3 is 11.9 Å². The van der Waals surface area contributed by atoms with Crippen molar-refractivity contribution in [1.29, 1.82) is 0 Å². The maximum absolute atomic E-state index is 12.6. The van der Waals surface area contributed by atoms with Crippen molar-refractivity contribution in [2.45, 2.75) is 19.8 Å². The number of carbonyl (C=O) groups is 3.